The lowest BCUT2D eigenvalue weighted by molar-refractivity contribution is 0.415. The van der Waals surface area contributed by atoms with Gasteiger partial charge in [-0.05, 0) is 45.8 Å². The summed E-state index contributed by atoms with van der Waals surface area (Å²) in [5.41, 5.74) is 4.30. The molecule has 0 fully saturated rings. The van der Waals surface area contributed by atoms with Gasteiger partial charge in [0, 0.05) is 22.0 Å². The molecule has 0 atom stereocenters. The van der Waals surface area contributed by atoms with Crippen molar-refractivity contribution in [1.29, 1.82) is 0 Å². The number of imidazole rings is 1. The van der Waals surface area contributed by atoms with Crippen molar-refractivity contribution in [1.82, 2.24) is 9.55 Å². The van der Waals surface area contributed by atoms with E-state index in [0.29, 0.717) is 0 Å². The third-order valence-electron chi connectivity index (χ3n) is 6.89. The van der Waals surface area contributed by atoms with Crippen LogP contribution in [0.5, 0.6) is 5.75 Å². The maximum atomic E-state index is 5.45. The lowest BCUT2D eigenvalue weighted by atomic mass is 10.00. The predicted molar refractivity (Wildman–Crippen MR) is 146 cm³/mol. The molecular formula is C32H22N2O. The fourth-order valence-electron chi connectivity index (χ4n) is 5.29. The van der Waals surface area contributed by atoms with Gasteiger partial charge in [-0.1, -0.05) is 91.0 Å². The highest BCUT2D eigenvalue weighted by Gasteiger charge is 2.21. The second-order valence-corrected chi connectivity index (χ2v) is 8.78. The van der Waals surface area contributed by atoms with Gasteiger partial charge in [0.05, 0.1) is 18.1 Å². The summed E-state index contributed by atoms with van der Waals surface area (Å²) < 4.78 is 7.76. The van der Waals surface area contributed by atoms with Crippen LogP contribution in [-0.2, 0) is 0 Å². The van der Waals surface area contributed by atoms with E-state index in [4.69, 9.17) is 9.72 Å². The van der Waals surface area contributed by atoms with Crippen molar-refractivity contribution in [2.45, 2.75) is 0 Å². The SMILES string of the molecule is COc1ccc(-n2c(-c3cccc4ccccc34)nc3c4ccccc4c4ccccc4c32)cc1. The first kappa shape index (κ1) is 19.8. The van der Waals surface area contributed by atoms with Crippen LogP contribution < -0.4 is 4.74 Å². The van der Waals surface area contributed by atoms with Gasteiger partial charge in [0.1, 0.15) is 11.6 Å². The Morgan fingerprint density at radius 3 is 1.91 bits per heavy atom. The van der Waals surface area contributed by atoms with E-state index in [9.17, 15) is 0 Å². The molecule has 0 unspecified atom stereocenters. The van der Waals surface area contributed by atoms with E-state index in [0.717, 1.165) is 39.2 Å². The van der Waals surface area contributed by atoms with Crippen LogP contribution in [0.2, 0.25) is 0 Å². The fraction of sp³-hybridized carbons (Fsp3) is 0.0312. The van der Waals surface area contributed by atoms with Crippen molar-refractivity contribution in [3.63, 3.8) is 0 Å². The molecule has 0 amide bonds. The summed E-state index contributed by atoms with van der Waals surface area (Å²) in [5.74, 6) is 1.77. The highest BCUT2D eigenvalue weighted by atomic mass is 16.5. The Morgan fingerprint density at radius 2 is 1.17 bits per heavy atom. The first-order valence-corrected chi connectivity index (χ1v) is 11.8. The third-order valence-corrected chi connectivity index (χ3v) is 6.89. The molecule has 1 heterocycles. The van der Waals surface area contributed by atoms with Gasteiger partial charge in [0.15, 0.2) is 0 Å². The van der Waals surface area contributed by atoms with Gasteiger partial charge < -0.3 is 4.74 Å². The standard InChI is InChI=1S/C32H22N2O/c1-35-23-19-17-22(18-20-23)34-31-28-15-7-5-13-26(28)25-12-4-6-14-27(25)30(31)33-32(34)29-16-8-10-21-9-2-3-11-24(21)29/h2-20H,1H3. The zero-order chi connectivity index (χ0) is 23.4. The number of hydrogen-bond donors (Lipinski definition) is 0. The minimum atomic E-state index is 0.834. The summed E-state index contributed by atoms with van der Waals surface area (Å²) in [6.07, 6.45) is 0. The van der Waals surface area contributed by atoms with E-state index in [1.165, 1.54) is 26.9 Å². The molecule has 3 nitrogen and oxygen atoms in total. The lowest BCUT2D eigenvalue weighted by Gasteiger charge is -2.14. The summed E-state index contributed by atoms with van der Waals surface area (Å²) in [6.45, 7) is 0. The second-order valence-electron chi connectivity index (χ2n) is 8.78. The monoisotopic (exact) mass is 450 g/mol. The molecule has 0 bridgehead atoms. The quantitative estimate of drug-likeness (QED) is 0.254. The average molecular weight is 451 g/mol. The van der Waals surface area contributed by atoms with E-state index in [2.05, 4.69) is 108 Å². The number of nitrogens with zero attached hydrogens (tertiary/aromatic N) is 2. The molecule has 0 saturated heterocycles. The van der Waals surface area contributed by atoms with Crippen LogP contribution in [0.15, 0.2) is 115 Å². The smallest absolute Gasteiger partial charge is 0.146 e. The Labute approximate surface area is 202 Å². The minimum Gasteiger partial charge on any atom is -0.497 e. The topological polar surface area (TPSA) is 27.1 Å². The molecule has 0 aliphatic heterocycles. The number of benzene rings is 6. The Morgan fingerprint density at radius 1 is 0.571 bits per heavy atom. The van der Waals surface area contributed by atoms with Crippen molar-refractivity contribution in [3.8, 4) is 22.8 Å². The average Bonchev–Trinajstić information content (AvgIpc) is 3.34. The molecule has 0 spiro atoms. The van der Waals surface area contributed by atoms with E-state index in [1.807, 2.05) is 12.1 Å². The molecule has 35 heavy (non-hydrogen) atoms. The Hall–Kier alpha value is -4.63. The molecule has 0 saturated carbocycles. The Bertz CT molecular complexity index is 1880. The van der Waals surface area contributed by atoms with Crippen LogP contribution in [0.4, 0.5) is 0 Å². The highest BCUT2D eigenvalue weighted by molar-refractivity contribution is 6.24. The van der Waals surface area contributed by atoms with E-state index >= 15 is 0 Å². The fourth-order valence-corrected chi connectivity index (χ4v) is 5.29. The van der Waals surface area contributed by atoms with Crippen LogP contribution in [0, 0.1) is 0 Å². The zero-order valence-electron chi connectivity index (χ0n) is 19.3. The number of fused-ring (bicyclic) bond motifs is 7. The van der Waals surface area contributed by atoms with Crippen molar-refractivity contribution in [2.24, 2.45) is 0 Å². The highest BCUT2D eigenvalue weighted by Crippen LogP contribution is 2.40. The number of hydrogen-bond acceptors (Lipinski definition) is 2. The zero-order valence-corrected chi connectivity index (χ0v) is 19.3. The first-order chi connectivity index (χ1) is 17.3. The number of ether oxygens (including phenoxy) is 1. The maximum Gasteiger partial charge on any atom is 0.146 e. The largest absolute Gasteiger partial charge is 0.497 e. The van der Waals surface area contributed by atoms with Crippen molar-refractivity contribution >= 4 is 43.4 Å². The normalized spacial score (nSPS) is 11.6. The lowest BCUT2D eigenvalue weighted by Crippen LogP contribution is -1.99. The van der Waals surface area contributed by atoms with Gasteiger partial charge in [0.25, 0.3) is 0 Å². The van der Waals surface area contributed by atoms with Gasteiger partial charge >= 0.3 is 0 Å². The predicted octanol–water partition coefficient (Wildman–Crippen LogP) is 8.16. The van der Waals surface area contributed by atoms with E-state index in [-0.39, 0.29) is 0 Å². The number of methoxy groups -OCH3 is 1. The molecule has 0 aliphatic carbocycles. The number of aromatic nitrogens is 2. The van der Waals surface area contributed by atoms with Crippen molar-refractivity contribution in [3.05, 3.63) is 115 Å². The summed E-state index contributed by atoms with van der Waals surface area (Å²) in [6, 6.07) is 40.4. The molecule has 3 heteroatoms. The molecule has 1 aromatic heterocycles. The molecule has 0 radical (unpaired) electrons. The molecule has 7 rings (SSSR count). The van der Waals surface area contributed by atoms with Crippen LogP contribution in [0.1, 0.15) is 0 Å². The molecular weight excluding hydrogens is 428 g/mol. The number of rotatable bonds is 3. The second kappa shape index (κ2) is 7.71. The van der Waals surface area contributed by atoms with Crippen LogP contribution in [0.25, 0.3) is 60.4 Å². The minimum absolute atomic E-state index is 0.834. The molecule has 0 aliphatic rings. The van der Waals surface area contributed by atoms with E-state index in [1.54, 1.807) is 7.11 Å². The maximum absolute atomic E-state index is 5.45. The summed E-state index contributed by atoms with van der Waals surface area (Å²) in [7, 11) is 1.70. The summed E-state index contributed by atoms with van der Waals surface area (Å²) >= 11 is 0. The van der Waals surface area contributed by atoms with E-state index < -0.39 is 0 Å². The Balaban J connectivity index is 1.71. The van der Waals surface area contributed by atoms with Gasteiger partial charge in [-0.3, -0.25) is 4.57 Å². The van der Waals surface area contributed by atoms with Gasteiger partial charge in [-0.2, -0.15) is 0 Å². The van der Waals surface area contributed by atoms with Crippen LogP contribution in [0.3, 0.4) is 0 Å². The van der Waals surface area contributed by atoms with Crippen molar-refractivity contribution in [2.75, 3.05) is 7.11 Å². The molecule has 6 aromatic carbocycles. The molecule has 0 N–H and O–H groups in total. The molecule has 7 aromatic rings. The van der Waals surface area contributed by atoms with Crippen LogP contribution >= 0.6 is 0 Å². The Kier molecular flexibility index (Phi) is 4.36. The van der Waals surface area contributed by atoms with Gasteiger partial charge in [-0.25, -0.2) is 4.98 Å². The molecule has 166 valence electrons. The van der Waals surface area contributed by atoms with Gasteiger partial charge in [0.2, 0.25) is 0 Å². The first-order valence-electron chi connectivity index (χ1n) is 11.8. The third kappa shape index (κ3) is 2.95. The van der Waals surface area contributed by atoms with Gasteiger partial charge in [-0.15, -0.1) is 0 Å². The van der Waals surface area contributed by atoms with Crippen LogP contribution in [-0.4, -0.2) is 16.7 Å². The summed E-state index contributed by atoms with van der Waals surface area (Å²) in [5, 5.41) is 7.20. The van der Waals surface area contributed by atoms with Crippen molar-refractivity contribution < 1.29 is 4.74 Å². The summed E-state index contributed by atoms with van der Waals surface area (Å²) in [4.78, 5) is 5.36.